The Morgan fingerprint density at radius 2 is 1.88 bits per heavy atom. The van der Waals surface area contributed by atoms with Gasteiger partial charge in [0.1, 0.15) is 6.29 Å². The molecule has 1 aromatic carbocycles. The van der Waals surface area contributed by atoms with E-state index in [0.717, 1.165) is 28.3 Å². The second kappa shape index (κ2) is 12.0. The van der Waals surface area contributed by atoms with E-state index in [1.807, 2.05) is 39.0 Å². The quantitative estimate of drug-likeness (QED) is 0.553. The van der Waals surface area contributed by atoms with Gasteiger partial charge < -0.3 is 10.1 Å². The van der Waals surface area contributed by atoms with Gasteiger partial charge in [-0.25, -0.2) is 0 Å². The average Bonchev–Trinajstić information content (AvgIpc) is 2.58. The Morgan fingerprint density at radius 1 is 1.25 bits per heavy atom. The largest absolute Gasteiger partial charge is 0.359 e. The summed E-state index contributed by atoms with van der Waals surface area (Å²) >= 11 is 3.41. The van der Waals surface area contributed by atoms with Gasteiger partial charge in [-0.05, 0) is 30.5 Å². The Hall–Kier alpha value is -1.49. The van der Waals surface area contributed by atoms with Gasteiger partial charge in [-0.3, -0.25) is 9.59 Å². The topological polar surface area (TPSA) is 63.2 Å². The predicted octanol–water partition coefficient (Wildman–Crippen LogP) is 4.20. The fraction of sp³-hybridized carbons (Fsp3) is 0.526. The summed E-state index contributed by atoms with van der Waals surface area (Å²) in [4.78, 5) is 32.5. The van der Waals surface area contributed by atoms with Crippen LogP contribution in [0.3, 0.4) is 0 Å². The molecule has 1 N–H and O–H groups in total. The zero-order chi connectivity index (χ0) is 18.7. The van der Waals surface area contributed by atoms with Crippen LogP contribution in [0.4, 0.5) is 0 Å². The van der Waals surface area contributed by atoms with Crippen LogP contribution in [0.5, 0.6) is 0 Å². The van der Waals surface area contributed by atoms with E-state index in [1.165, 1.54) is 0 Å². The Bertz CT molecular complexity index is 556. The molecule has 4 nitrogen and oxygen atoms in total. The Labute approximate surface area is 153 Å². The molecule has 0 radical (unpaired) electrons. The van der Waals surface area contributed by atoms with Crippen LogP contribution in [-0.2, 0) is 16.0 Å². The van der Waals surface area contributed by atoms with Crippen molar-refractivity contribution >= 4 is 33.9 Å². The Balaban J connectivity index is 0.000000470. The molecule has 0 fully saturated rings. The molecule has 0 aromatic heterocycles. The van der Waals surface area contributed by atoms with Crippen LogP contribution >= 0.6 is 15.9 Å². The van der Waals surface area contributed by atoms with Gasteiger partial charge in [0.2, 0.25) is 5.91 Å². The summed E-state index contributed by atoms with van der Waals surface area (Å²) in [7, 11) is 1.60. The molecular formula is C19H28BrNO3. The van der Waals surface area contributed by atoms with E-state index in [2.05, 4.69) is 28.2 Å². The molecule has 0 bridgehead atoms. The fourth-order valence-corrected chi connectivity index (χ4v) is 2.51. The summed E-state index contributed by atoms with van der Waals surface area (Å²) in [6.07, 6.45) is 2.84. The molecule has 1 unspecified atom stereocenters. The van der Waals surface area contributed by atoms with Crippen LogP contribution in [0.1, 0.15) is 56.5 Å². The minimum atomic E-state index is -0.0461. The van der Waals surface area contributed by atoms with E-state index in [1.54, 1.807) is 7.05 Å². The van der Waals surface area contributed by atoms with Gasteiger partial charge >= 0.3 is 0 Å². The zero-order valence-electron chi connectivity index (χ0n) is 15.2. The van der Waals surface area contributed by atoms with Crippen LogP contribution in [0.15, 0.2) is 22.7 Å². The lowest BCUT2D eigenvalue weighted by Crippen LogP contribution is -2.25. The van der Waals surface area contributed by atoms with Crippen LogP contribution in [-0.4, -0.2) is 25.0 Å². The lowest BCUT2D eigenvalue weighted by Gasteiger charge is -2.09. The number of carbonyl (C=O) groups excluding carboxylic acids is 3. The Morgan fingerprint density at radius 3 is 2.33 bits per heavy atom. The van der Waals surface area contributed by atoms with Crippen molar-refractivity contribution in [1.82, 2.24) is 5.32 Å². The number of hydrogen-bond donors (Lipinski definition) is 1. The van der Waals surface area contributed by atoms with Crippen LogP contribution in [0.25, 0.3) is 0 Å². The van der Waals surface area contributed by atoms with Crippen molar-refractivity contribution in [1.29, 1.82) is 0 Å². The van der Waals surface area contributed by atoms with Crippen molar-refractivity contribution in [3.8, 4) is 0 Å². The van der Waals surface area contributed by atoms with Crippen LogP contribution in [0, 0.1) is 11.8 Å². The maximum atomic E-state index is 11.8. The van der Waals surface area contributed by atoms with Crippen molar-refractivity contribution in [3.05, 3.63) is 33.8 Å². The first-order chi connectivity index (χ1) is 11.3. The molecule has 24 heavy (non-hydrogen) atoms. The van der Waals surface area contributed by atoms with E-state index in [4.69, 9.17) is 0 Å². The number of halogens is 1. The second-order valence-electron chi connectivity index (χ2n) is 5.93. The molecule has 1 rings (SSSR count). The summed E-state index contributed by atoms with van der Waals surface area (Å²) < 4.78 is 1.04. The molecule has 0 heterocycles. The highest BCUT2D eigenvalue weighted by Gasteiger charge is 2.13. The Kier molecular flexibility index (Phi) is 11.2. The van der Waals surface area contributed by atoms with Crippen molar-refractivity contribution in [2.75, 3.05) is 7.05 Å². The first-order valence-corrected chi connectivity index (χ1v) is 9.05. The number of hydrogen-bond acceptors (Lipinski definition) is 3. The SMILES string of the molecule is CCc1cc(Br)ccc1C(=O)C(C)C.CNC(=O)C(C)CCC=O. The number of benzene rings is 1. The van der Waals surface area contributed by atoms with Crippen molar-refractivity contribution in [2.45, 2.75) is 47.0 Å². The van der Waals surface area contributed by atoms with E-state index in [-0.39, 0.29) is 23.5 Å². The molecule has 1 atom stereocenters. The van der Waals surface area contributed by atoms with E-state index in [9.17, 15) is 14.4 Å². The minimum absolute atomic E-state index is 0.00171. The maximum absolute atomic E-state index is 11.8. The molecule has 0 aliphatic heterocycles. The molecule has 0 saturated carbocycles. The number of carbonyl (C=O) groups is 3. The molecule has 0 aliphatic carbocycles. The highest BCUT2D eigenvalue weighted by atomic mass is 79.9. The summed E-state index contributed by atoms with van der Waals surface area (Å²) in [6.45, 7) is 7.74. The molecule has 1 aromatic rings. The number of nitrogens with one attached hydrogen (secondary N) is 1. The predicted molar refractivity (Wildman–Crippen MR) is 101 cm³/mol. The molecule has 0 aliphatic rings. The van der Waals surface area contributed by atoms with E-state index >= 15 is 0 Å². The summed E-state index contributed by atoms with van der Waals surface area (Å²) in [5.41, 5.74) is 1.99. The monoisotopic (exact) mass is 397 g/mol. The summed E-state index contributed by atoms with van der Waals surface area (Å²) in [6, 6.07) is 5.86. The first-order valence-electron chi connectivity index (χ1n) is 8.26. The standard InChI is InChI=1S/C12H15BrO.C7H13NO2/c1-4-9-7-10(13)5-6-11(9)12(14)8(2)3;1-6(4-3-5-9)7(10)8-2/h5-8H,4H2,1-3H3;5-6H,3-4H2,1-2H3,(H,8,10). The third-order valence-corrected chi connectivity index (χ3v) is 4.14. The highest BCUT2D eigenvalue weighted by Crippen LogP contribution is 2.20. The van der Waals surface area contributed by atoms with Gasteiger partial charge in [-0.1, -0.05) is 49.7 Å². The average molecular weight is 398 g/mol. The minimum Gasteiger partial charge on any atom is -0.359 e. The number of Topliss-reactive ketones (excluding diaryl/α,β-unsaturated/α-hetero) is 1. The lowest BCUT2D eigenvalue weighted by molar-refractivity contribution is -0.124. The lowest BCUT2D eigenvalue weighted by atomic mass is 9.95. The molecular weight excluding hydrogens is 370 g/mol. The normalized spacial score (nSPS) is 11.3. The molecule has 5 heteroatoms. The smallest absolute Gasteiger partial charge is 0.222 e. The third-order valence-electron chi connectivity index (χ3n) is 3.65. The number of amides is 1. The van der Waals surface area contributed by atoms with Crippen molar-refractivity contribution in [2.24, 2.45) is 11.8 Å². The molecule has 0 spiro atoms. The molecule has 0 saturated heterocycles. The number of aldehydes is 1. The van der Waals surface area contributed by atoms with Gasteiger partial charge in [0.25, 0.3) is 0 Å². The van der Waals surface area contributed by atoms with Gasteiger partial charge in [0, 0.05) is 35.3 Å². The van der Waals surface area contributed by atoms with Crippen molar-refractivity contribution < 1.29 is 14.4 Å². The number of ketones is 1. The zero-order valence-corrected chi connectivity index (χ0v) is 16.8. The second-order valence-corrected chi connectivity index (χ2v) is 6.85. The summed E-state index contributed by atoms with van der Waals surface area (Å²) in [5.74, 6) is 0.257. The highest BCUT2D eigenvalue weighted by molar-refractivity contribution is 9.10. The number of aryl methyl sites for hydroxylation is 1. The van der Waals surface area contributed by atoms with E-state index in [0.29, 0.717) is 12.8 Å². The van der Waals surface area contributed by atoms with Gasteiger partial charge in [0.15, 0.2) is 5.78 Å². The van der Waals surface area contributed by atoms with Crippen LogP contribution in [0.2, 0.25) is 0 Å². The van der Waals surface area contributed by atoms with Crippen molar-refractivity contribution in [3.63, 3.8) is 0 Å². The van der Waals surface area contributed by atoms with Gasteiger partial charge in [-0.15, -0.1) is 0 Å². The fourth-order valence-electron chi connectivity index (χ4n) is 2.10. The molecule has 1 amide bonds. The number of rotatable bonds is 7. The van der Waals surface area contributed by atoms with Gasteiger partial charge in [-0.2, -0.15) is 0 Å². The summed E-state index contributed by atoms with van der Waals surface area (Å²) in [5, 5.41) is 2.52. The van der Waals surface area contributed by atoms with E-state index < -0.39 is 0 Å². The maximum Gasteiger partial charge on any atom is 0.222 e. The third kappa shape index (κ3) is 7.86. The first kappa shape index (κ1) is 22.5. The van der Waals surface area contributed by atoms with Crippen LogP contribution < -0.4 is 5.32 Å². The van der Waals surface area contributed by atoms with Gasteiger partial charge in [0.05, 0.1) is 0 Å². The molecule has 134 valence electrons.